The lowest BCUT2D eigenvalue weighted by molar-refractivity contribution is 0.0956. The minimum Gasteiger partial charge on any atom is -0.347 e. The zero-order valence-electron chi connectivity index (χ0n) is 7.99. The van der Waals surface area contributed by atoms with Gasteiger partial charge in [0, 0.05) is 15.7 Å². The molecule has 0 aliphatic carbocycles. The first-order valence-electron chi connectivity index (χ1n) is 4.18. The lowest BCUT2D eigenvalue weighted by atomic mass is 10.2. The molecule has 0 radical (unpaired) electrons. The van der Waals surface area contributed by atoms with Crippen molar-refractivity contribution in [2.75, 3.05) is 6.54 Å². The van der Waals surface area contributed by atoms with Gasteiger partial charge in [0.05, 0.1) is 12.1 Å². The molecule has 0 saturated carbocycles. The van der Waals surface area contributed by atoms with E-state index in [-0.39, 0.29) is 5.91 Å². The van der Waals surface area contributed by atoms with Crippen LogP contribution in [-0.4, -0.2) is 12.5 Å². The third-order valence-corrected chi connectivity index (χ3v) is 5.48. The molecule has 6 heteroatoms. The topological polar surface area (TPSA) is 29.1 Å². The molecule has 0 saturated heterocycles. The van der Waals surface area contributed by atoms with Crippen molar-refractivity contribution in [2.24, 2.45) is 0 Å². The second-order valence-corrected chi connectivity index (χ2v) is 6.97. The van der Waals surface area contributed by atoms with Crippen LogP contribution in [0.3, 0.4) is 0 Å². The number of amides is 1. The van der Waals surface area contributed by atoms with E-state index in [4.69, 9.17) is 11.6 Å². The van der Waals surface area contributed by atoms with Crippen molar-refractivity contribution in [3.63, 3.8) is 0 Å². The molecule has 0 spiro atoms. The third-order valence-electron chi connectivity index (χ3n) is 1.68. The zero-order chi connectivity index (χ0) is 12.3. The summed E-state index contributed by atoms with van der Waals surface area (Å²) in [4.78, 5) is 11.9. The van der Waals surface area contributed by atoms with Gasteiger partial charge in [-0.2, -0.15) is 0 Å². The van der Waals surface area contributed by atoms with E-state index in [1.165, 1.54) is 0 Å². The summed E-state index contributed by atoms with van der Waals surface area (Å²) in [6, 6.07) is 3.89. The molecule has 16 heavy (non-hydrogen) atoms. The molecule has 1 rings (SSSR count). The van der Waals surface area contributed by atoms with Gasteiger partial charge in [-0.25, -0.2) is 0 Å². The Labute approximate surface area is 140 Å². The largest absolute Gasteiger partial charge is 0.347 e. The van der Waals surface area contributed by atoms with Gasteiger partial charge >= 0.3 is 0 Å². The molecule has 0 atom stereocenters. The molecule has 2 nitrogen and oxygen atoms in total. The Bertz CT molecular complexity index is 448. The Kier molecular flexibility index (Phi) is 6.30. The van der Waals surface area contributed by atoms with E-state index in [1.54, 1.807) is 0 Å². The van der Waals surface area contributed by atoms with Gasteiger partial charge in [0.25, 0.3) is 5.91 Å². The normalized spacial score (nSPS) is 10.0. The van der Waals surface area contributed by atoms with E-state index in [1.807, 2.05) is 12.1 Å². The van der Waals surface area contributed by atoms with Crippen molar-refractivity contribution in [1.29, 1.82) is 0 Å². The number of hydrogen-bond donors (Lipinski definition) is 1. The predicted octanol–water partition coefficient (Wildman–Crippen LogP) is 3.98. The highest BCUT2D eigenvalue weighted by Gasteiger charge is 2.13. The van der Waals surface area contributed by atoms with E-state index in [0.717, 1.165) is 10.7 Å². The number of hydrogen-bond acceptors (Lipinski definition) is 1. The van der Waals surface area contributed by atoms with Gasteiger partial charge in [-0.05, 0) is 79.9 Å². The monoisotopic (exact) mass is 573 g/mol. The summed E-state index contributed by atoms with van der Waals surface area (Å²) in [6.07, 6.45) is 0. The number of carbonyl (C=O) groups excluding carboxylic acids is 1. The molecule has 0 heterocycles. The third kappa shape index (κ3) is 4.30. The van der Waals surface area contributed by atoms with Gasteiger partial charge in [-0.15, -0.1) is 0 Å². The van der Waals surface area contributed by atoms with Crippen molar-refractivity contribution in [2.45, 2.75) is 0 Å². The Morgan fingerprint density at radius 2 is 2.00 bits per heavy atom. The molecule has 0 bridgehead atoms. The zero-order valence-corrected chi connectivity index (χ0v) is 15.2. The fourth-order valence-electron chi connectivity index (χ4n) is 0.993. The molecule has 1 aromatic rings. The summed E-state index contributed by atoms with van der Waals surface area (Å²) in [5.41, 5.74) is 0.676. The first kappa shape index (κ1) is 15.0. The summed E-state index contributed by atoms with van der Waals surface area (Å²) in [6.45, 7) is 3.81. The molecule has 1 aromatic carbocycles. The second-order valence-electron chi connectivity index (χ2n) is 2.95. The van der Waals surface area contributed by atoms with Gasteiger partial charge in [-0.3, -0.25) is 4.79 Å². The molecule has 1 N–H and O–H groups in total. The van der Waals surface area contributed by atoms with Crippen LogP contribution < -0.4 is 5.32 Å². The van der Waals surface area contributed by atoms with Crippen LogP contribution in [0.25, 0.3) is 0 Å². The highest BCUT2D eigenvalue weighted by molar-refractivity contribution is 14.1. The highest BCUT2D eigenvalue weighted by Crippen LogP contribution is 2.22. The van der Waals surface area contributed by atoms with Crippen LogP contribution in [0, 0.1) is 10.7 Å². The Morgan fingerprint density at radius 1 is 1.38 bits per heavy atom. The van der Waals surface area contributed by atoms with Gasteiger partial charge in [0.1, 0.15) is 0 Å². The lowest BCUT2D eigenvalue weighted by Gasteiger charge is -2.08. The maximum Gasteiger partial charge on any atom is 0.252 e. The van der Waals surface area contributed by atoms with E-state index in [2.05, 4.69) is 79.7 Å². The smallest absolute Gasteiger partial charge is 0.252 e. The number of benzene rings is 1. The second kappa shape index (κ2) is 6.74. The van der Waals surface area contributed by atoms with E-state index in [9.17, 15) is 4.79 Å². The summed E-state index contributed by atoms with van der Waals surface area (Å²) in [7, 11) is 0. The van der Waals surface area contributed by atoms with E-state index < -0.39 is 0 Å². The average molecular weight is 573 g/mol. The lowest BCUT2D eigenvalue weighted by Crippen LogP contribution is -2.25. The van der Waals surface area contributed by atoms with Crippen LogP contribution in [0.5, 0.6) is 0 Å². The number of carbonyl (C=O) groups is 1. The van der Waals surface area contributed by atoms with Crippen molar-refractivity contribution < 1.29 is 4.79 Å². The molecular weight excluding hydrogens is 566 g/mol. The molecular formula is C10H7ClI3NO. The predicted molar refractivity (Wildman–Crippen MR) is 91.9 cm³/mol. The summed E-state index contributed by atoms with van der Waals surface area (Å²) >= 11 is 12.2. The van der Waals surface area contributed by atoms with Crippen molar-refractivity contribution >= 4 is 85.3 Å². The maximum atomic E-state index is 11.9. The van der Waals surface area contributed by atoms with E-state index >= 15 is 0 Å². The molecule has 0 unspecified atom stereocenters. The van der Waals surface area contributed by atoms with Crippen LogP contribution in [0.1, 0.15) is 10.4 Å². The molecule has 0 fully saturated rings. The fraction of sp³-hybridized carbons (Fsp3) is 0.100. The molecule has 0 aliphatic heterocycles. The molecule has 0 aromatic heterocycles. The van der Waals surface area contributed by atoms with Crippen LogP contribution in [0.15, 0.2) is 23.7 Å². The van der Waals surface area contributed by atoms with Crippen molar-refractivity contribution in [3.05, 3.63) is 40.0 Å². The molecule has 86 valence electrons. The molecule has 0 aliphatic rings. The van der Waals surface area contributed by atoms with Crippen molar-refractivity contribution in [1.82, 2.24) is 5.32 Å². The summed E-state index contributed by atoms with van der Waals surface area (Å²) in [5, 5.41) is 3.13. The molecule has 1 amide bonds. The van der Waals surface area contributed by atoms with Crippen LogP contribution >= 0.6 is 79.4 Å². The van der Waals surface area contributed by atoms with Crippen LogP contribution in [0.2, 0.25) is 0 Å². The van der Waals surface area contributed by atoms with Gasteiger partial charge in [-0.1, -0.05) is 18.2 Å². The SMILES string of the molecule is C=C(Cl)CNC(=O)c1cc(I)cc(I)c1I. The first-order valence-corrected chi connectivity index (χ1v) is 7.79. The average Bonchev–Trinajstić information content (AvgIpc) is 2.19. The first-order chi connectivity index (χ1) is 7.41. The standard InChI is InChI=1S/C10H7ClI3NO/c1-5(11)4-15-10(16)7-2-6(12)3-8(13)9(7)14/h2-3H,1,4H2,(H,15,16). The van der Waals surface area contributed by atoms with Gasteiger partial charge in [0.2, 0.25) is 0 Å². The summed E-state index contributed by atoms with van der Waals surface area (Å²) < 4.78 is 3.06. The van der Waals surface area contributed by atoms with Gasteiger partial charge < -0.3 is 5.32 Å². The summed E-state index contributed by atoms with van der Waals surface area (Å²) in [5.74, 6) is -0.123. The number of halogens is 4. The minimum atomic E-state index is -0.123. The van der Waals surface area contributed by atoms with Crippen LogP contribution in [0.4, 0.5) is 0 Å². The quantitative estimate of drug-likeness (QED) is 0.431. The fourth-order valence-corrected chi connectivity index (χ4v) is 3.46. The number of nitrogens with one attached hydrogen (secondary N) is 1. The van der Waals surface area contributed by atoms with Crippen molar-refractivity contribution in [3.8, 4) is 0 Å². The van der Waals surface area contributed by atoms with Crippen LogP contribution in [-0.2, 0) is 0 Å². The highest BCUT2D eigenvalue weighted by atomic mass is 127. The minimum absolute atomic E-state index is 0.123. The Hall–Kier alpha value is 0.910. The Balaban J connectivity index is 2.95. The number of rotatable bonds is 3. The van der Waals surface area contributed by atoms with Gasteiger partial charge in [0.15, 0.2) is 0 Å². The Morgan fingerprint density at radius 3 is 2.56 bits per heavy atom. The maximum absolute atomic E-state index is 11.9. The van der Waals surface area contributed by atoms with E-state index in [0.29, 0.717) is 17.1 Å².